The Bertz CT molecular complexity index is 715. The van der Waals surface area contributed by atoms with Crippen molar-refractivity contribution in [3.05, 3.63) is 34.7 Å². The van der Waals surface area contributed by atoms with Gasteiger partial charge >= 0.3 is 0 Å². The number of nitriles is 1. The van der Waals surface area contributed by atoms with Crippen LogP contribution >= 0.6 is 11.8 Å². The fourth-order valence-electron chi connectivity index (χ4n) is 2.85. The highest BCUT2D eigenvalue weighted by atomic mass is 32.2. The Morgan fingerprint density at radius 1 is 1.33 bits per heavy atom. The molecule has 0 aromatic heterocycles. The molecule has 0 bridgehead atoms. The molecule has 5 nitrogen and oxygen atoms in total. The summed E-state index contributed by atoms with van der Waals surface area (Å²) in [7, 11) is 0. The summed E-state index contributed by atoms with van der Waals surface area (Å²) in [6.45, 7) is -0.0199. The quantitative estimate of drug-likeness (QED) is 0.851. The molecule has 0 spiro atoms. The number of aliphatic imine (C=N–C) groups is 1. The van der Waals surface area contributed by atoms with Crippen LogP contribution in [0, 0.1) is 11.3 Å². The van der Waals surface area contributed by atoms with Crippen LogP contribution in [0.3, 0.4) is 0 Å². The smallest absolute Gasteiger partial charge is 0.264 e. The van der Waals surface area contributed by atoms with Crippen molar-refractivity contribution in [2.24, 2.45) is 4.99 Å². The maximum absolute atomic E-state index is 12.2. The Morgan fingerprint density at radius 2 is 2.12 bits per heavy atom. The van der Waals surface area contributed by atoms with E-state index >= 15 is 0 Å². The molecule has 1 N–H and O–H groups in total. The lowest BCUT2D eigenvalue weighted by Gasteiger charge is -2.17. The first-order chi connectivity index (χ1) is 11.8. The summed E-state index contributed by atoms with van der Waals surface area (Å²) in [6.07, 6.45) is 7.70. The monoisotopic (exact) mass is 341 g/mol. The summed E-state index contributed by atoms with van der Waals surface area (Å²) in [4.78, 5) is 17.5. The van der Waals surface area contributed by atoms with Gasteiger partial charge in [-0.15, -0.1) is 0 Å². The largest absolute Gasteiger partial charge is 0.478 e. The second kappa shape index (κ2) is 8.02. The van der Waals surface area contributed by atoms with Gasteiger partial charge in [0, 0.05) is 5.56 Å². The van der Waals surface area contributed by atoms with Gasteiger partial charge in [0.15, 0.2) is 11.8 Å². The fraction of sp³-hybridized carbons (Fsp3) is 0.389. The number of ether oxygens (including phenoxy) is 1. The Labute approximate surface area is 145 Å². The molecule has 2 aliphatic rings. The number of carbonyl (C=O) groups is 1. The predicted octanol–water partition coefficient (Wildman–Crippen LogP) is 3.48. The fourth-order valence-corrected chi connectivity index (χ4v) is 3.73. The summed E-state index contributed by atoms with van der Waals surface area (Å²) in [5.41, 5.74) is 0.782. The number of nitrogens with zero attached hydrogens (tertiary/aromatic N) is 2. The van der Waals surface area contributed by atoms with Crippen LogP contribution < -0.4 is 10.1 Å². The molecule has 1 saturated carbocycles. The molecule has 2 fully saturated rings. The van der Waals surface area contributed by atoms with Gasteiger partial charge in [0.2, 0.25) is 0 Å². The van der Waals surface area contributed by atoms with Gasteiger partial charge in [-0.25, -0.2) is 0 Å². The van der Waals surface area contributed by atoms with Crippen LogP contribution in [0.25, 0.3) is 6.08 Å². The molecule has 0 radical (unpaired) electrons. The van der Waals surface area contributed by atoms with E-state index in [1.54, 1.807) is 12.1 Å². The SMILES string of the molecule is N#CCOc1ccccc1C=C1SC(=NC2CCCCC2)NC1=O. The molecule has 6 heteroatoms. The number of rotatable bonds is 4. The van der Waals surface area contributed by atoms with Crippen molar-refractivity contribution < 1.29 is 9.53 Å². The molecule has 1 aliphatic heterocycles. The van der Waals surface area contributed by atoms with Gasteiger partial charge in [-0.05, 0) is 36.7 Å². The number of carbonyl (C=O) groups excluding carboxylic acids is 1. The van der Waals surface area contributed by atoms with E-state index in [4.69, 9.17) is 10.00 Å². The lowest BCUT2D eigenvalue weighted by molar-refractivity contribution is -0.115. The lowest BCUT2D eigenvalue weighted by Crippen LogP contribution is -2.22. The van der Waals surface area contributed by atoms with E-state index in [-0.39, 0.29) is 12.5 Å². The van der Waals surface area contributed by atoms with Gasteiger partial charge in [0.25, 0.3) is 5.91 Å². The van der Waals surface area contributed by atoms with Gasteiger partial charge in [-0.2, -0.15) is 5.26 Å². The van der Waals surface area contributed by atoms with E-state index in [1.807, 2.05) is 24.3 Å². The second-order valence-corrected chi connectivity index (χ2v) is 6.81. The van der Waals surface area contributed by atoms with Crippen molar-refractivity contribution in [1.82, 2.24) is 5.32 Å². The molecule has 124 valence electrons. The second-order valence-electron chi connectivity index (χ2n) is 5.78. The molecule has 24 heavy (non-hydrogen) atoms. The van der Waals surface area contributed by atoms with Gasteiger partial charge in [-0.3, -0.25) is 9.79 Å². The minimum atomic E-state index is -0.135. The highest BCUT2D eigenvalue weighted by molar-refractivity contribution is 8.18. The number of amidine groups is 1. The molecule has 1 heterocycles. The third-order valence-corrected chi connectivity index (χ3v) is 4.95. The van der Waals surface area contributed by atoms with Crippen LogP contribution in [0.1, 0.15) is 37.7 Å². The van der Waals surface area contributed by atoms with Crippen LogP contribution in [-0.4, -0.2) is 23.7 Å². The van der Waals surface area contributed by atoms with Crippen molar-refractivity contribution in [3.8, 4) is 11.8 Å². The Kier molecular flexibility index (Phi) is 5.55. The molecular formula is C18H19N3O2S. The van der Waals surface area contributed by atoms with Crippen LogP contribution in [-0.2, 0) is 4.79 Å². The summed E-state index contributed by atoms with van der Waals surface area (Å²) < 4.78 is 5.40. The topological polar surface area (TPSA) is 74.5 Å². The van der Waals surface area contributed by atoms with Crippen molar-refractivity contribution >= 4 is 28.9 Å². The molecule has 1 aromatic rings. The number of benzene rings is 1. The van der Waals surface area contributed by atoms with Crippen LogP contribution in [0.2, 0.25) is 0 Å². The summed E-state index contributed by atoms with van der Waals surface area (Å²) in [5.74, 6) is 0.460. The molecule has 3 rings (SSSR count). The number of amides is 1. The molecule has 1 aromatic carbocycles. The normalized spacial score (nSPS) is 21.7. The lowest BCUT2D eigenvalue weighted by atomic mass is 9.96. The molecule has 1 amide bonds. The van der Waals surface area contributed by atoms with Gasteiger partial charge < -0.3 is 10.1 Å². The van der Waals surface area contributed by atoms with E-state index in [2.05, 4.69) is 10.3 Å². The Hall–Kier alpha value is -2.26. The Morgan fingerprint density at radius 3 is 2.92 bits per heavy atom. The highest BCUT2D eigenvalue weighted by Gasteiger charge is 2.25. The maximum atomic E-state index is 12.2. The summed E-state index contributed by atoms with van der Waals surface area (Å²) >= 11 is 1.37. The third kappa shape index (κ3) is 4.18. The number of nitrogens with one attached hydrogen (secondary N) is 1. The average Bonchev–Trinajstić information content (AvgIpc) is 2.94. The van der Waals surface area contributed by atoms with E-state index < -0.39 is 0 Å². The maximum Gasteiger partial charge on any atom is 0.264 e. The highest BCUT2D eigenvalue weighted by Crippen LogP contribution is 2.30. The molecule has 0 atom stereocenters. The van der Waals surface area contributed by atoms with E-state index in [9.17, 15) is 4.79 Å². The first kappa shape index (κ1) is 16.6. The minimum absolute atomic E-state index is 0.0199. The molecule has 1 aliphatic carbocycles. The van der Waals surface area contributed by atoms with E-state index in [0.29, 0.717) is 21.9 Å². The van der Waals surface area contributed by atoms with Gasteiger partial charge in [0.1, 0.15) is 11.8 Å². The minimum Gasteiger partial charge on any atom is -0.478 e. The predicted molar refractivity (Wildman–Crippen MR) is 95.6 cm³/mol. The molecular weight excluding hydrogens is 322 g/mol. The van der Waals surface area contributed by atoms with Gasteiger partial charge in [0.05, 0.1) is 10.9 Å². The number of hydrogen-bond acceptors (Lipinski definition) is 5. The number of para-hydroxylation sites is 1. The average molecular weight is 341 g/mol. The van der Waals surface area contributed by atoms with Crippen LogP contribution in [0.5, 0.6) is 5.75 Å². The van der Waals surface area contributed by atoms with Crippen LogP contribution in [0.4, 0.5) is 0 Å². The van der Waals surface area contributed by atoms with Crippen LogP contribution in [0.15, 0.2) is 34.2 Å². The van der Waals surface area contributed by atoms with Crippen molar-refractivity contribution in [3.63, 3.8) is 0 Å². The third-order valence-electron chi connectivity index (χ3n) is 4.02. The zero-order valence-electron chi connectivity index (χ0n) is 13.3. The summed E-state index contributed by atoms with van der Waals surface area (Å²) in [5, 5.41) is 12.2. The first-order valence-electron chi connectivity index (χ1n) is 8.14. The van der Waals surface area contributed by atoms with Crippen molar-refractivity contribution in [2.45, 2.75) is 38.1 Å². The van der Waals surface area contributed by atoms with Gasteiger partial charge in [-0.1, -0.05) is 37.5 Å². The standard InChI is InChI=1S/C18H19N3O2S/c19-10-11-23-15-9-5-4-6-13(15)12-16-17(22)21-18(24-16)20-14-7-2-1-3-8-14/h4-6,9,12,14H,1-3,7-8,11H2,(H,20,21,22). The first-order valence-corrected chi connectivity index (χ1v) is 8.95. The summed E-state index contributed by atoms with van der Waals surface area (Å²) in [6, 6.07) is 9.65. The zero-order valence-corrected chi connectivity index (χ0v) is 14.1. The molecule has 0 unspecified atom stereocenters. The number of hydrogen-bond donors (Lipinski definition) is 1. The van der Waals surface area contributed by atoms with Crippen molar-refractivity contribution in [1.29, 1.82) is 5.26 Å². The van der Waals surface area contributed by atoms with E-state index in [0.717, 1.165) is 18.4 Å². The molecule has 1 saturated heterocycles. The van der Waals surface area contributed by atoms with Crippen molar-refractivity contribution in [2.75, 3.05) is 6.61 Å². The zero-order chi connectivity index (χ0) is 16.8. The Balaban J connectivity index is 1.75. The van der Waals surface area contributed by atoms with E-state index in [1.165, 1.54) is 31.0 Å². The number of thioether (sulfide) groups is 1.